The van der Waals surface area contributed by atoms with E-state index in [0.717, 1.165) is 6.29 Å². The Kier molecular flexibility index (Phi) is 5.84. The van der Waals surface area contributed by atoms with Crippen LogP contribution in [0.4, 0.5) is 4.79 Å². The van der Waals surface area contributed by atoms with Crippen LogP contribution >= 0.6 is 0 Å². The lowest BCUT2D eigenvalue weighted by molar-refractivity contribution is -0.109. The number of hydrogen-bond acceptors (Lipinski definition) is 4. The van der Waals surface area contributed by atoms with Crippen molar-refractivity contribution >= 4 is 12.4 Å². The van der Waals surface area contributed by atoms with Gasteiger partial charge in [0.05, 0.1) is 11.7 Å². The molecule has 0 bridgehead atoms. The average Bonchev–Trinajstić information content (AvgIpc) is 2.36. The summed E-state index contributed by atoms with van der Waals surface area (Å²) >= 11 is 0. The fraction of sp³-hybridized carbons (Fsp3) is 0.462. The third-order valence-corrected chi connectivity index (χ3v) is 2.27. The molecule has 0 unspecified atom stereocenters. The maximum Gasteiger partial charge on any atom is 0.408 e. The second kappa shape index (κ2) is 7.42. The number of aldehydes is 1. The molecule has 1 amide bonds. The Balaban J connectivity index is 2.34. The SMILES string of the molecule is CC(C)C[C@@H](C=O)NC(=O)OCc1ccccn1. The summed E-state index contributed by atoms with van der Waals surface area (Å²) in [5.41, 5.74) is 0.666. The number of carbonyl (C=O) groups is 2. The molecule has 1 rings (SSSR count). The van der Waals surface area contributed by atoms with E-state index in [1.165, 1.54) is 0 Å². The van der Waals surface area contributed by atoms with Gasteiger partial charge in [-0.1, -0.05) is 19.9 Å². The molecular formula is C13H18N2O3. The van der Waals surface area contributed by atoms with Gasteiger partial charge < -0.3 is 14.8 Å². The van der Waals surface area contributed by atoms with E-state index < -0.39 is 12.1 Å². The first-order valence-electron chi connectivity index (χ1n) is 5.90. The van der Waals surface area contributed by atoms with Crippen molar-refractivity contribution < 1.29 is 14.3 Å². The van der Waals surface area contributed by atoms with E-state index in [1.54, 1.807) is 18.3 Å². The Morgan fingerprint density at radius 3 is 2.83 bits per heavy atom. The van der Waals surface area contributed by atoms with Gasteiger partial charge >= 0.3 is 6.09 Å². The number of rotatable bonds is 6. The number of ether oxygens (including phenoxy) is 1. The lowest BCUT2D eigenvalue weighted by Gasteiger charge is -2.14. The van der Waals surface area contributed by atoms with Crippen LogP contribution < -0.4 is 5.32 Å². The Hall–Kier alpha value is -1.91. The van der Waals surface area contributed by atoms with Crippen LogP contribution in [-0.4, -0.2) is 23.4 Å². The topological polar surface area (TPSA) is 68.3 Å². The molecule has 0 aliphatic carbocycles. The molecule has 98 valence electrons. The van der Waals surface area contributed by atoms with Gasteiger partial charge in [-0.05, 0) is 24.5 Å². The minimum atomic E-state index is -0.599. The minimum Gasteiger partial charge on any atom is -0.443 e. The highest BCUT2D eigenvalue weighted by atomic mass is 16.5. The van der Waals surface area contributed by atoms with E-state index in [9.17, 15) is 9.59 Å². The molecule has 0 fully saturated rings. The predicted octanol–water partition coefficient (Wildman–Crippen LogP) is 1.92. The molecule has 1 aromatic heterocycles. The van der Waals surface area contributed by atoms with E-state index in [4.69, 9.17) is 4.74 Å². The summed E-state index contributed by atoms with van der Waals surface area (Å²) < 4.78 is 4.97. The summed E-state index contributed by atoms with van der Waals surface area (Å²) in [5.74, 6) is 0.330. The van der Waals surface area contributed by atoms with Crippen LogP contribution in [0.1, 0.15) is 26.0 Å². The first-order valence-corrected chi connectivity index (χ1v) is 5.90. The van der Waals surface area contributed by atoms with Gasteiger partial charge in [-0.3, -0.25) is 4.98 Å². The van der Waals surface area contributed by atoms with Crippen molar-refractivity contribution in [1.82, 2.24) is 10.3 Å². The number of pyridine rings is 1. The molecule has 1 heterocycles. The van der Waals surface area contributed by atoms with Crippen molar-refractivity contribution in [2.75, 3.05) is 0 Å². The van der Waals surface area contributed by atoms with E-state index in [0.29, 0.717) is 18.0 Å². The number of aromatic nitrogens is 1. The van der Waals surface area contributed by atoms with Gasteiger partial charge in [0.25, 0.3) is 0 Å². The molecule has 0 spiro atoms. The van der Waals surface area contributed by atoms with Gasteiger partial charge in [0, 0.05) is 6.20 Å². The number of hydrogen-bond donors (Lipinski definition) is 1. The summed E-state index contributed by atoms with van der Waals surface area (Å²) in [6, 6.07) is 4.87. The van der Waals surface area contributed by atoms with Gasteiger partial charge in [0.1, 0.15) is 12.9 Å². The van der Waals surface area contributed by atoms with Crippen molar-refractivity contribution in [2.24, 2.45) is 5.92 Å². The highest BCUT2D eigenvalue weighted by molar-refractivity contribution is 5.73. The maximum absolute atomic E-state index is 11.4. The number of amides is 1. The van der Waals surface area contributed by atoms with E-state index in [1.807, 2.05) is 19.9 Å². The summed E-state index contributed by atoms with van der Waals surface area (Å²) in [5, 5.41) is 2.51. The van der Waals surface area contributed by atoms with Gasteiger partial charge in [0.15, 0.2) is 0 Å². The van der Waals surface area contributed by atoms with Crippen molar-refractivity contribution in [3.63, 3.8) is 0 Å². The molecule has 0 saturated heterocycles. The zero-order valence-corrected chi connectivity index (χ0v) is 10.6. The van der Waals surface area contributed by atoms with Crippen molar-refractivity contribution in [2.45, 2.75) is 32.9 Å². The third kappa shape index (κ3) is 5.43. The Bertz CT molecular complexity index is 379. The monoisotopic (exact) mass is 250 g/mol. The second-order valence-electron chi connectivity index (χ2n) is 4.41. The summed E-state index contributed by atoms with van der Waals surface area (Å²) in [6.45, 7) is 4.06. The molecule has 0 radical (unpaired) electrons. The molecule has 5 nitrogen and oxygen atoms in total. The average molecular weight is 250 g/mol. The van der Waals surface area contributed by atoms with Crippen LogP contribution in [0.15, 0.2) is 24.4 Å². The molecule has 0 aromatic carbocycles. The maximum atomic E-state index is 11.4. The molecule has 0 aliphatic rings. The van der Waals surface area contributed by atoms with Crippen molar-refractivity contribution in [1.29, 1.82) is 0 Å². The van der Waals surface area contributed by atoms with Gasteiger partial charge in [0.2, 0.25) is 0 Å². The quantitative estimate of drug-likeness (QED) is 0.783. The van der Waals surface area contributed by atoms with Gasteiger partial charge in [-0.15, -0.1) is 0 Å². The number of alkyl carbamates (subject to hydrolysis) is 1. The largest absolute Gasteiger partial charge is 0.443 e. The van der Waals surface area contributed by atoms with Gasteiger partial charge in [-0.2, -0.15) is 0 Å². The molecule has 1 atom stereocenters. The standard InChI is InChI=1S/C13H18N2O3/c1-10(2)7-12(8-16)15-13(17)18-9-11-5-3-4-6-14-11/h3-6,8,10,12H,7,9H2,1-2H3,(H,15,17)/t12-/m0/s1. The van der Waals surface area contributed by atoms with Gasteiger partial charge in [-0.25, -0.2) is 4.79 Å². The van der Waals surface area contributed by atoms with Crippen LogP contribution in [0.2, 0.25) is 0 Å². The molecule has 1 N–H and O–H groups in total. The highest BCUT2D eigenvalue weighted by Gasteiger charge is 2.13. The van der Waals surface area contributed by atoms with E-state index in [2.05, 4.69) is 10.3 Å². The zero-order chi connectivity index (χ0) is 13.4. The van der Waals surface area contributed by atoms with Crippen LogP contribution in [0, 0.1) is 5.92 Å². The van der Waals surface area contributed by atoms with Crippen LogP contribution in [0.25, 0.3) is 0 Å². The Morgan fingerprint density at radius 1 is 1.50 bits per heavy atom. The number of carbonyl (C=O) groups excluding carboxylic acids is 2. The van der Waals surface area contributed by atoms with E-state index in [-0.39, 0.29) is 6.61 Å². The third-order valence-electron chi connectivity index (χ3n) is 2.27. The van der Waals surface area contributed by atoms with Crippen molar-refractivity contribution in [3.8, 4) is 0 Å². The summed E-state index contributed by atoms with van der Waals surface area (Å²) in [7, 11) is 0. The van der Waals surface area contributed by atoms with Crippen LogP contribution in [0.5, 0.6) is 0 Å². The lowest BCUT2D eigenvalue weighted by Crippen LogP contribution is -2.37. The smallest absolute Gasteiger partial charge is 0.408 e. The van der Waals surface area contributed by atoms with Crippen LogP contribution in [0.3, 0.4) is 0 Å². The minimum absolute atomic E-state index is 0.0972. The molecule has 5 heteroatoms. The molecule has 18 heavy (non-hydrogen) atoms. The first kappa shape index (κ1) is 14.2. The normalized spacial score (nSPS) is 11.9. The molecule has 1 aromatic rings. The fourth-order valence-corrected chi connectivity index (χ4v) is 1.47. The molecule has 0 aliphatic heterocycles. The first-order chi connectivity index (χ1) is 8.61. The molecule has 0 saturated carbocycles. The Labute approximate surface area is 107 Å². The Morgan fingerprint density at radius 2 is 2.28 bits per heavy atom. The van der Waals surface area contributed by atoms with Crippen LogP contribution in [-0.2, 0) is 16.1 Å². The second-order valence-corrected chi connectivity index (χ2v) is 4.41. The number of nitrogens with one attached hydrogen (secondary N) is 1. The highest BCUT2D eigenvalue weighted by Crippen LogP contribution is 2.03. The number of nitrogens with zero attached hydrogens (tertiary/aromatic N) is 1. The predicted molar refractivity (Wildman–Crippen MR) is 66.9 cm³/mol. The molecular weight excluding hydrogens is 232 g/mol. The van der Waals surface area contributed by atoms with E-state index >= 15 is 0 Å². The van der Waals surface area contributed by atoms with Crippen molar-refractivity contribution in [3.05, 3.63) is 30.1 Å². The zero-order valence-electron chi connectivity index (χ0n) is 10.6. The lowest BCUT2D eigenvalue weighted by atomic mass is 10.1. The summed E-state index contributed by atoms with van der Waals surface area (Å²) in [4.78, 5) is 26.2. The fourth-order valence-electron chi connectivity index (χ4n) is 1.47. The summed E-state index contributed by atoms with van der Waals surface area (Å²) in [6.07, 6.45) is 2.35.